The molecule has 4 N–H and O–H groups in total. The minimum absolute atomic E-state index is 0.00502. The summed E-state index contributed by atoms with van der Waals surface area (Å²) in [4.78, 5) is 31.1. The van der Waals surface area contributed by atoms with E-state index in [0.717, 1.165) is 30.6 Å². The Labute approximate surface area is 200 Å². The Morgan fingerprint density at radius 1 is 1.15 bits per heavy atom. The van der Waals surface area contributed by atoms with Gasteiger partial charge in [-0.3, -0.25) is 9.59 Å². The number of benzene rings is 2. The second-order valence-corrected chi connectivity index (χ2v) is 10.2. The Hall–Kier alpha value is -3.24. The van der Waals surface area contributed by atoms with Crippen LogP contribution in [0.4, 0.5) is 5.69 Å². The van der Waals surface area contributed by atoms with Gasteiger partial charge >= 0.3 is 0 Å². The fraction of sp³-hybridized carbons (Fsp3) is 0.375. The van der Waals surface area contributed by atoms with Crippen LogP contribution in [-0.4, -0.2) is 57.5 Å². The lowest BCUT2D eigenvalue weighted by atomic mass is 10.1. The molecule has 34 heavy (non-hydrogen) atoms. The molecule has 10 heteroatoms. The quantitative estimate of drug-likeness (QED) is 0.361. The largest absolute Gasteiger partial charge is 0.383 e. The number of nitrogens with two attached hydrogens (primary N) is 1. The van der Waals surface area contributed by atoms with Crippen LogP contribution in [0.5, 0.6) is 0 Å². The van der Waals surface area contributed by atoms with Crippen molar-refractivity contribution in [2.45, 2.75) is 38.3 Å². The molecule has 0 bridgehead atoms. The van der Waals surface area contributed by atoms with Crippen LogP contribution >= 0.6 is 0 Å². The molecule has 0 aliphatic carbocycles. The Kier molecular flexibility index (Phi) is 8.41. The van der Waals surface area contributed by atoms with Crippen LogP contribution in [0, 0.1) is 0 Å². The van der Waals surface area contributed by atoms with E-state index in [1.54, 1.807) is 19.2 Å². The van der Waals surface area contributed by atoms with Crippen LogP contribution in [-0.2, 0) is 26.0 Å². The first-order valence-corrected chi connectivity index (χ1v) is 12.9. The maximum Gasteiger partial charge on any atom is 0.266 e. The van der Waals surface area contributed by atoms with E-state index in [1.807, 2.05) is 47.4 Å². The van der Waals surface area contributed by atoms with Crippen molar-refractivity contribution in [3.8, 4) is 0 Å². The summed E-state index contributed by atoms with van der Waals surface area (Å²) in [6.07, 6.45) is 1.87. The van der Waals surface area contributed by atoms with Gasteiger partial charge < -0.3 is 16.0 Å². The molecule has 2 atom stereocenters. The van der Waals surface area contributed by atoms with Crippen molar-refractivity contribution in [1.29, 1.82) is 0 Å². The summed E-state index contributed by atoms with van der Waals surface area (Å²) in [7, 11) is -2.01. The molecule has 0 unspecified atom stereocenters. The van der Waals surface area contributed by atoms with E-state index >= 15 is 0 Å². The van der Waals surface area contributed by atoms with Crippen molar-refractivity contribution >= 4 is 33.4 Å². The third kappa shape index (κ3) is 6.42. The lowest BCUT2D eigenvalue weighted by Crippen LogP contribution is -2.43. The second-order valence-electron chi connectivity index (χ2n) is 8.11. The summed E-state index contributed by atoms with van der Waals surface area (Å²) in [6, 6.07) is 15.0. The number of carbonyl (C=O) groups is 2. The first-order chi connectivity index (χ1) is 16.2. The van der Waals surface area contributed by atoms with E-state index in [0.29, 0.717) is 5.56 Å². The lowest BCUT2D eigenvalue weighted by Gasteiger charge is -2.25. The van der Waals surface area contributed by atoms with Crippen LogP contribution in [0.1, 0.15) is 30.9 Å². The number of nitrogens with zero attached hydrogens (tertiary/aromatic N) is 2. The Morgan fingerprint density at radius 2 is 1.82 bits per heavy atom. The van der Waals surface area contributed by atoms with E-state index < -0.39 is 22.0 Å². The van der Waals surface area contributed by atoms with Gasteiger partial charge in [0, 0.05) is 24.8 Å². The standard InChI is InChI=1S/C24H31N5O4S/c1-3-34(32,33)28-20(16-17-8-5-4-6-9-17)23(30)27-22(25)18-11-13-19(14-12-18)29-15-7-10-21(29)24(31)26-2/h4-6,8-9,11-14,20-21,28H,3,7,10,15-16H2,1-2H3,(H,26,31)(H2,25,27,30)/t20-,21+/m1/s1. The van der Waals surface area contributed by atoms with Crippen LogP contribution in [0.2, 0.25) is 0 Å². The number of sulfonamides is 1. The Bertz CT molecular complexity index is 1130. The number of rotatable bonds is 9. The van der Waals surface area contributed by atoms with E-state index in [1.165, 1.54) is 6.92 Å². The molecule has 2 amide bonds. The molecule has 3 rings (SSSR count). The average Bonchev–Trinajstić information content (AvgIpc) is 3.34. The zero-order valence-corrected chi connectivity index (χ0v) is 20.2. The monoisotopic (exact) mass is 485 g/mol. The molecule has 0 radical (unpaired) electrons. The third-order valence-corrected chi connectivity index (χ3v) is 7.21. The molecule has 1 saturated heterocycles. The molecule has 1 heterocycles. The molecule has 0 aromatic heterocycles. The fourth-order valence-corrected chi connectivity index (χ4v) is 4.71. The smallest absolute Gasteiger partial charge is 0.266 e. The zero-order chi connectivity index (χ0) is 24.7. The number of nitrogens with one attached hydrogen (secondary N) is 2. The molecule has 1 aliphatic heterocycles. The van der Waals surface area contributed by atoms with E-state index in [4.69, 9.17) is 5.73 Å². The van der Waals surface area contributed by atoms with E-state index in [2.05, 4.69) is 15.0 Å². The van der Waals surface area contributed by atoms with Gasteiger partial charge in [-0.1, -0.05) is 30.3 Å². The number of amidine groups is 1. The van der Waals surface area contributed by atoms with Gasteiger partial charge in [-0.05, 0) is 56.0 Å². The summed E-state index contributed by atoms with van der Waals surface area (Å²) >= 11 is 0. The summed E-state index contributed by atoms with van der Waals surface area (Å²) in [5.74, 6) is -0.844. The van der Waals surface area contributed by atoms with Gasteiger partial charge in [0.05, 0.1) is 5.75 Å². The summed E-state index contributed by atoms with van der Waals surface area (Å²) in [5.41, 5.74) is 8.31. The van der Waals surface area contributed by atoms with Gasteiger partial charge in [-0.15, -0.1) is 0 Å². The predicted molar refractivity (Wildman–Crippen MR) is 133 cm³/mol. The summed E-state index contributed by atoms with van der Waals surface area (Å²) in [6.45, 7) is 2.28. The number of aliphatic imine (C=N–C) groups is 1. The van der Waals surface area contributed by atoms with E-state index in [-0.39, 0.29) is 30.0 Å². The van der Waals surface area contributed by atoms with Crippen LogP contribution < -0.4 is 20.7 Å². The normalized spacial score (nSPS) is 17.4. The number of anilines is 1. The average molecular weight is 486 g/mol. The molecule has 1 fully saturated rings. The van der Waals surface area contributed by atoms with Gasteiger partial charge in [0.25, 0.3) is 5.91 Å². The first kappa shape index (κ1) is 25.4. The molecule has 182 valence electrons. The van der Waals surface area contributed by atoms with Gasteiger partial charge in [-0.2, -0.15) is 4.99 Å². The minimum atomic E-state index is -3.63. The SMILES string of the molecule is CCS(=O)(=O)N[C@H](Cc1ccccc1)C(=O)N=C(N)c1ccc(N2CCC[C@H]2C(=O)NC)cc1. The number of likely N-dealkylation sites (N-methyl/N-ethyl adjacent to an activating group) is 1. The third-order valence-electron chi connectivity index (χ3n) is 5.81. The molecule has 0 spiro atoms. The second kappa shape index (κ2) is 11.3. The molecule has 1 aliphatic rings. The van der Waals surface area contributed by atoms with Gasteiger partial charge in [0.15, 0.2) is 0 Å². The molecular weight excluding hydrogens is 454 g/mol. The number of amides is 2. The van der Waals surface area contributed by atoms with Crippen molar-refractivity contribution in [2.24, 2.45) is 10.7 Å². The highest BCUT2D eigenvalue weighted by Crippen LogP contribution is 2.26. The topological polar surface area (TPSA) is 134 Å². The Balaban J connectivity index is 1.78. The highest BCUT2D eigenvalue weighted by atomic mass is 32.2. The van der Waals surface area contributed by atoms with Crippen LogP contribution in [0.15, 0.2) is 59.6 Å². The predicted octanol–water partition coefficient (Wildman–Crippen LogP) is 1.18. The Morgan fingerprint density at radius 3 is 2.44 bits per heavy atom. The van der Waals surface area contributed by atoms with Gasteiger partial charge in [0.1, 0.15) is 17.9 Å². The van der Waals surface area contributed by atoms with E-state index in [9.17, 15) is 18.0 Å². The maximum atomic E-state index is 12.9. The summed E-state index contributed by atoms with van der Waals surface area (Å²) in [5, 5.41) is 2.70. The van der Waals surface area contributed by atoms with Crippen LogP contribution in [0.25, 0.3) is 0 Å². The summed E-state index contributed by atoms with van der Waals surface area (Å²) < 4.78 is 26.7. The molecule has 9 nitrogen and oxygen atoms in total. The highest BCUT2D eigenvalue weighted by Gasteiger charge is 2.30. The maximum absolute atomic E-state index is 12.9. The fourth-order valence-electron chi connectivity index (χ4n) is 3.93. The van der Waals surface area contributed by atoms with Crippen molar-refractivity contribution < 1.29 is 18.0 Å². The van der Waals surface area contributed by atoms with Crippen molar-refractivity contribution in [2.75, 3.05) is 24.2 Å². The zero-order valence-electron chi connectivity index (χ0n) is 19.4. The van der Waals surface area contributed by atoms with Crippen molar-refractivity contribution in [3.05, 3.63) is 65.7 Å². The first-order valence-electron chi connectivity index (χ1n) is 11.2. The minimum Gasteiger partial charge on any atom is -0.383 e. The number of hydrogen-bond donors (Lipinski definition) is 3. The molecule has 2 aromatic carbocycles. The highest BCUT2D eigenvalue weighted by molar-refractivity contribution is 7.89. The molecule has 2 aromatic rings. The molecular formula is C24H31N5O4S. The number of hydrogen-bond acceptors (Lipinski definition) is 5. The van der Waals surface area contributed by atoms with Gasteiger partial charge in [0.2, 0.25) is 15.9 Å². The lowest BCUT2D eigenvalue weighted by molar-refractivity contribution is -0.121. The van der Waals surface area contributed by atoms with Crippen molar-refractivity contribution in [3.63, 3.8) is 0 Å². The van der Waals surface area contributed by atoms with Crippen molar-refractivity contribution in [1.82, 2.24) is 10.0 Å². The number of carbonyl (C=O) groups excluding carboxylic acids is 2. The molecule has 0 saturated carbocycles. The van der Waals surface area contributed by atoms with Gasteiger partial charge in [-0.25, -0.2) is 13.1 Å². The van der Waals surface area contributed by atoms with Crippen LogP contribution in [0.3, 0.4) is 0 Å².